The number of rotatable bonds is 7. The molecule has 62 heavy (non-hydrogen) atoms. The van der Waals surface area contributed by atoms with E-state index in [9.17, 15) is 4.39 Å². The molecule has 4 heterocycles. The van der Waals surface area contributed by atoms with Crippen LogP contribution in [0.4, 0.5) is 4.39 Å². The zero-order chi connectivity index (χ0) is 43.1. The molecule has 0 aliphatic rings. The Morgan fingerprint density at radius 2 is 1.23 bits per heavy atom. The first-order chi connectivity index (χ1) is 29.4. The number of nitrogens with zero attached hydrogens (tertiary/aromatic N) is 3. The number of hydrogen-bond acceptors (Lipinski definition) is 4. The number of aryl methyl sites for hydroxylation is 3. The molecule has 315 valence electrons. The Bertz CT molecular complexity index is 2890. The number of fused-ring (bicyclic) bond motifs is 3. The molecular formula is C55H54FIrN3OSi. The molecule has 0 N–H and O–H groups in total. The third kappa shape index (κ3) is 10.8. The Labute approximate surface area is 380 Å². The minimum Gasteiger partial charge on any atom is -0.455 e. The predicted molar refractivity (Wildman–Crippen MR) is 258 cm³/mol. The Morgan fingerprint density at radius 1 is 0.613 bits per heavy atom. The molecule has 4 nitrogen and oxygen atoms in total. The molecule has 0 saturated heterocycles. The van der Waals surface area contributed by atoms with Crippen molar-refractivity contribution >= 4 is 35.2 Å². The second-order valence-corrected chi connectivity index (χ2v) is 21.9. The fraction of sp³-hybridized carbons (Fsp3) is 0.182. The maximum Gasteiger partial charge on any atom is 0.145 e. The van der Waals surface area contributed by atoms with Gasteiger partial charge in [0.15, 0.2) is 0 Å². The van der Waals surface area contributed by atoms with E-state index in [0.29, 0.717) is 5.92 Å². The summed E-state index contributed by atoms with van der Waals surface area (Å²) in [5.41, 5.74) is 15.2. The van der Waals surface area contributed by atoms with Crippen molar-refractivity contribution in [2.75, 3.05) is 0 Å². The SMILES string of the molecule is CC(C)c1cc(-c2ccccc2)ncc1[Si](C)(C)C.CCc1ccnc(-c2ccccc2)c1.Cc1ccnc(-c2ccc(C)c3c2oc2cc(-c4ccc(F)cc4)ccc23)c1.[Ir]. The van der Waals surface area contributed by atoms with Crippen molar-refractivity contribution in [1.29, 1.82) is 0 Å². The fourth-order valence-corrected chi connectivity index (χ4v) is 9.23. The third-order valence-corrected chi connectivity index (χ3v) is 13.0. The molecule has 0 atom stereocenters. The van der Waals surface area contributed by atoms with Gasteiger partial charge in [0, 0.05) is 66.2 Å². The Morgan fingerprint density at radius 3 is 1.84 bits per heavy atom. The summed E-state index contributed by atoms with van der Waals surface area (Å²) >= 11 is 0. The molecule has 5 aromatic carbocycles. The van der Waals surface area contributed by atoms with Gasteiger partial charge in [-0.25, -0.2) is 4.39 Å². The van der Waals surface area contributed by atoms with E-state index in [1.165, 1.54) is 45.1 Å². The first kappa shape index (κ1) is 45.7. The summed E-state index contributed by atoms with van der Waals surface area (Å²) in [4.78, 5) is 13.6. The van der Waals surface area contributed by atoms with Crippen molar-refractivity contribution in [2.24, 2.45) is 0 Å². The molecule has 0 aliphatic carbocycles. The van der Waals surface area contributed by atoms with Crippen molar-refractivity contribution in [2.45, 2.75) is 66.6 Å². The summed E-state index contributed by atoms with van der Waals surface area (Å²) in [5, 5.41) is 3.68. The molecule has 0 spiro atoms. The maximum absolute atomic E-state index is 13.2. The number of pyridine rings is 3. The first-order valence-electron chi connectivity index (χ1n) is 21.1. The van der Waals surface area contributed by atoms with Crippen molar-refractivity contribution in [3.8, 4) is 44.9 Å². The molecule has 7 heteroatoms. The minimum absolute atomic E-state index is 0. The van der Waals surface area contributed by atoms with E-state index in [0.717, 1.165) is 67.7 Å². The smallest absolute Gasteiger partial charge is 0.145 e. The largest absolute Gasteiger partial charge is 0.455 e. The molecule has 0 aliphatic heterocycles. The van der Waals surface area contributed by atoms with E-state index >= 15 is 0 Å². The second kappa shape index (κ2) is 20.3. The number of hydrogen-bond donors (Lipinski definition) is 0. The molecule has 0 saturated carbocycles. The van der Waals surface area contributed by atoms with Crippen LogP contribution in [0.5, 0.6) is 0 Å². The zero-order valence-corrected chi connectivity index (χ0v) is 40.2. The van der Waals surface area contributed by atoms with Gasteiger partial charge in [-0.3, -0.25) is 15.0 Å². The van der Waals surface area contributed by atoms with E-state index in [2.05, 4.69) is 155 Å². The van der Waals surface area contributed by atoms with Gasteiger partial charge < -0.3 is 4.42 Å². The van der Waals surface area contributed by atoms with E-state index < -0.39 is 8.07 Å². The van der Waals surface area contributed by atoms with Gasteiger partial charge in [0.2, 0.25) is 0 Å². The molecule has 9 aromatic rings. The average molecular weight is 1010 g/mol. The zero-order valence-electron chi connectivity index (χ0n) is 36.8. The topological polar surface area (TPSA) is 51.8 Å². The second-order valence-electron chi connectivity index (χ2n) is 16.9. The summed E-state index contributed by atoms with van der Waals surface area (Å²) < 4.78 is 19.6. The van der Waals surface area contributed by atoms with Gasteiger partial charge in [-0.1, -0.05) is 125 Å². The summed E-state index contributed by atoms with van der Waals surface area (Å²) in [6.07, 6.45) is 6.87. The monoisotopic (exact) mass is 1010 g/mol. The van der Waals surface area contributed by atoms with Gasteiger partial charge in [0.05, 0.1) is 25.2 Å². The molecule has 0 fully saturated rings. The van der Waals surface area contributed by atoms with Gasteiger partial charge in [0.25, 0.3) is 0 Å². The minimum atomic E-state index is -1.33. The van der Waals surface area contributed by atoms with Gasteiger partial charge in [-0.05, 0) is 125 Å². The van der Waals surface area contributed by atoms with Crippen LogP contribution < -0.4 is 5.19 Å². The number of benzene rings is 5. The van der Waals surface area contributed by atoms with Crippen LogP contribution in [0.15, 0.2) is 169 Å². The normalized spacial score (nSPS) is 11.1. The summed E-state index contributed by atoms with van der Waals surface area (Å²) in [7, 11) is -1.33. The number of furan rings is 1. The van der Waals surface area contributed by atoms with Gasteiger partial charge in [-0.15, -0.1) is 0 Å². The Balaban J connectivity index is 0.000000165. The van der Waals surface area contributed by atoms with E-state index in [-0.39, 0.29) is 25.9 Å². The van der Waals surface area contributed by atoms with Gasteiger partial charge in [-0.2, -0.15) is 0 Å². The molecule has 0 bridgehead atoms. The molecule has 0 unspecified atom stereocenters. The quantitative estimate of drug-likeness (QED) is 0.149. The molecule has 0 amide bonds. The third-order valence-electron chi connectivity index (χ3n) is 10.9. The molecular weight excluding hydrogens is 958 g/mol. The van der Waals surface area contributed by atoms with Crippen molar-refractivity contribution in [1.82, 2.24) is 15.0 Å². The van der Waals surface area contributed by atoms with Crippen molar-refractivity contribution < 1.29 is 28.9 Å². The van der Waals surface area contributed by atoms with E-state index in [4.69, 9.17) is 9.40 Å². The average Bonchev–Trinajstić information content (AvgIpc) is 3.67. The van der Waals surface area contributed by atoms with Crippen LogP contribution in [-0.2, 0) is 26.5 Å². The van der Waals surface area contributed by atoms with Crippen LogP contribution in [0.2, 0.25) is 19.6 Å². The summed E-state index contributed by atoms with van der Waals surface area (Å²) in [6, 6.07) is 48.1. The van der Waals surface area contributed by atoms with E-state index in [1.54, 1.807) is 12.1 Å². The molecule has 4 aromatic heterocycles. The van der Waals surface area contributed by atoms with Crippen LogP contribution in [-0.4, -0.2) is 23.0 Å². The van der Waals surface area contributed by atoms with Crippen LogP contribution in [0.25, 0.3) is 66.8 Å². The Hall–Kier alpha value is -5.85. The number of aromatic nitrogens is 3. The summed E-state index contributed by atoms with van der Waals surface area (Å²) in [5.74, 6) is 0.312. The fourth-order valence-electron chi connectivity index (χ4n) is 7.56. The van der Waals surface area contributed by atoms with Crippen LogP contribution in [0.1, 0.15) is 48.9 Å². The van der Waals surface area contributed by atoms with Crippen molar-refractivity contribution in [3.05, 3.63) is 192 Å². The van der Waals surface area contributed by atoms with Crippen LogP contribution in [0.3, 0.4) is 0 Å². The molecule has 1 radical (unpaired) electrons. The number of halogens is 1. The first-order valence-corrected chi connectivity index (χ1v) is 24.6. The predicted octanol–water partition coefficient (Wildman–Crippen LogP) is 14.8. The van der Waals surface area contributed by atoms with Crippen molar-refractivity contribution in [3.63, 3.8) is 0 Å². The Kier molecular flexibility index (Phi) is 15.0. The van der Waals surface area contributed by atoms with Gasteiger partial charge in [0.1, 0.15) is 17.0 Å². The maximum atomic E-state index is 13.2. The van der Waals surface area contributed by atoms with Crippen LogP contribution in [0, 0.1) is 19.7 Å². The van der Waals surface area contributed by atoms with E-state index in [1.807, 2.05) is 48.8 Å². The van der Waals surface area contributed by atoms with Gasteiger partial charge >= 0.3 is 0 Å². The standard InChI is InChI=1S/C25H18FNO.C17H23NSi.C13H13N.Ir/c1-15-11-12-27-22(13-15)20-9-3-16(2)24-21-10-6-18(14-23(21)28-25(20)24)17-4-7-19(26)8-5-17;1-13(2)15-11-16(14-9-7-6-8-10-14)18-12-17(15)19(3,4)5;1-2-11-8-9-14-13(10-11)12-6-4-3-5-7-12;/h3-14H,1-2H3;6-13H,1-5H3;3-10H,2H2,1H3;. The summed E-state index contributed by atoms with van der Waals surface area (Å²) in [6.45, 7) is 18.0. The molecule has 9 rings (SSSR count). The van der Waals surface area contributed by atoms with Crippen LogP contribution >= 0.6 is 0 Å².